The number of hydrogen-bond acceptors (Lipinski definition) is 4. The molecule has 3 aromatic rings. The second kappa shape index (κ2) is 14.2. The maximum Gasteiger partial charge on any atom is 0.326 e. The number of carbonyl (C=O) groups is 2. The Morgan fingerprint density at radius 1 is 0.974 bits per heavy atom. The van der Waals surface area contributed by atoms with Gasteiger partial charge in [0.15, 0.2) is 0 Å². The van der Waals surface area contributed by atoms with Crippen LogP contribution in [0.5, 0.6) is 0 Å². The van der Waals surface area contributed by atoms with Crippen molar-refractivity contribution < 1.29 is 9.59 Å². The molecule has 38 heavy (non-hydrogen) atoms. The van der Waals surface area contributed by atoms with Crippen molar-refractivity contribution in [2.45, 2.75) is 30.6 Å². The Hall–Kier alpha value is -3.00. The van der Waals surface area contributed by atoms with Gasteiger partial charge >= 0.3 is 6.03 Å². The van der Waals surface area contributed by atoms with Gasteiger partial charge in [-0.1, -0.05) is 41.9 Å². The first-order valence-corrected chi connectivity index (χ1v) is 14.4. The number of nitrogens with zero attached hydrogens (tertiary/aromatic N) is 2. The number of nitrogens with one attached hydrogen (secondary N) is 1. The number of amides is 3. The van der Waals surface area contributed by atoms with Gasteiger partial charge in [0, 0.05) is 27.8 Å². The summed E-state index contributed by atoms with van der Waals surface area (Å²) < 4.78 is 0. The summed E-state index contributed by atoms with van der Waals surface area (Å²) >= 11 is 7.46. The third-order valence-corrected chi connectivity index (χ3v) is 8.09. The van der Waals surface area contributed by atoms with Crippen LogP contribution < -0.4 is 16.0 Å². The topological polar surface area (TPSA) is 78.7 Å². The Labute approximate surface area is 234 Å². The van der Waals surface area contributed by atoms with E-state index in [4.69, 9.17) is 17.3 Å². The standard InChI is InChI=1S/C30H35ClN4O2S/c31-25-9-11-26(12-10-25)33-30(37)35(27-5-2-1-3-6-27)18-4-17-34-19-15-24(16-20-34)21-23-7-13-28(14-8-23)38-22-29(32)36/h1-3,5-14,24H,4,15-22H2,(H2,32,36)(H,33,37). The number of para-hydroxylation sites is 1. The molecule has 3 amide bonds. The van der Waals surface area contributed by atoms with Crippen LogP contribution in [0.15, 0.2) is 83.8 Å². The fourth-order valence-electron chi connectivity index (χ4n) is 4.76. The zero-order valence-corrected chi connectivity index (χ0v) is 23.1. The predicted molar refractivity (Wildman–Crippen MR) is 158 cm³/mol. The first-order chi connectivity index (χ1) is 18.5. The zero-order chi connectivity index (χ0) is 26.7. The quantitative estimate of drug-likeness (QED) is 0.275. The van der Waals surface area contributed by atoms with Gasteiger partial charge in [-0.05, 0) is 105 Å². The molecule has 4 rings (SSSR count). The lowest BCUT2D eigenvalue weighted by Crippen LogP contribution is -2.39. The fraction of sp³-hybridized carbons (Fsp3) is 0.333. The van der Waals surface area contributed by atoms with Crippen LogP contribution in [0.25, 0.3) is 0 Å². The highest BCUT2D eigenvalue weighted by Crippen LogP contribution is 2.24. The highest BCUT2D eigenvalue weighted by molar-refractivity contribution is 8.00. The molecule has 1 heterocycles. The van der Waals surface area contributed by atoms with Gasteiger partial charge in [-0.2, -0.15) is 0 Å². The molecule has 0 atom stereocenters. The van der Waals surface area contributed by atoms with E-state index in [1.165, 1.54) is 30.2 Å². The molecule has 8 heteroatoms. The van der Waals surface area contributed by atoms with Gasteiger partial charge in [0.1, 0.15) is 0 Å². The van der Waals surface area contributed by atoms with Crippen LogP contribution in [-0.4, -0.2) is 48.8 Å². The number of likely N-dealkylation sites (tertiary alicyclic amines) is 1. The summed E-state index contributed by atoms with van der Waals surface area (Å²) in [6.45, 7) is 3.78. The summed E-state index contributed by atoms with van der Waals surface area (Å²) in [5.74, 6) is 0.703. The number of thioether (sulfide) groups is 1. The third-order valence-electron chi connectivity index (χ3n) is 6.80. The van der Waals surface area contributed by atoms with Gasteiger partial charge in [-0.25, -0.2) is 4.79 Å². The maximum atomic E-state index is 13.1. The van der Waals surface area contributed by atoms with Gasteiger partial charge in [-0.15, -0.1) is 11.8 Å². The van der Waals surface area contributed by atoms with Crippen molar-refractivity contribution in [1.82, 2.24) is 4.90 Å². The second-order valence-electron chi connectivity index (χ2n) is 9.67. The Morgan fingerprint density at radius 3 is 2.32 bits per heavy atom. The number of primary amides is 1. The summed E-state index contributed by atoms with van der Waals surface area (Å²) in [6, 6.07) is 25.3. The van der Waals surface area contributed by atoms with Gasteiger partial charge in [0.25, 0.3) is 0 Å². The molecule has 0 bridgehead atoms. The van der Waals surface area contributed by atoms with Gasteiger partial charge in [0.05, 0.1) is 5.75 Å². The lowest BCUT2D eigenvalue weighted by atomic mass is 9.90. The molecule has 1 saturated heterocycles. The Bertz CT molecular complexity index is 1170. The average molecular weight is 551 g/mol. The molecular formula is C30H35ClN4O2S. The van der Waals surface area contributed by atoms with E-state index in [0.29, 0.717) is 23.2 Å². The molecule has 0 aliphatic carbocycles. The van der Waals surface area contributed by atoms with Gasteiger partial charge in [-0.3, -0.25) is 9.69 Å². The zero-order valence-electron chi connectivity index (χ0n) is 21.5. The fourth-order valence-corrected chi connectivity index (χ4v) is 5.52. The molecule has 200 valence electrons. The summed E-state index contributed by atoms with van der Waals surface area (Å²) in [4.78, 5) is 29.5. The lowest BCUT2D eigenvalue weighted by Gasteiger charge is -2.32. The molecule has 1 aliphatic heterocycles. The van der Waals surface area contributed by atoms with Crippen LogP contribution in [0.2, 0.25) is 5.02 Å². The third kappa shape index (κ3) is 8.79. The van der Waals surface area contributed by atoms with E-state index in [-0.39, 0.29) is 11.9 Å². The Morgan fingerprint density at radius 2 is 1.66 bits per heavy atom. The van der Waals surface area contributed by atoms with Crippen molar-refractivity contribution in [3.8, 4) is 0 Å². The van der Waals surface area contributed by atoms with Crippen molar-refractivity contribution in [3.05, 3.63) is 89.4 Å². The van der Waals surface area contributed by atoms with Crippen molar-refractivity contribution in [2.24, 2.45) is 11.7 Å². The molecule has 3 N–H and O–H groups in total. The molecule has 1 fully saturated rings. The number of benzene rings is 3. The predicted octanol–water partition coefficient (Wildman–Crippen LogP) is 6.30. The molecule has 1 aliphatic rings. The highest BCUT2D eigenvalue weighted by atomic mass is 35.5. The molecular weight excluding hydrogens is 516 g/mol. The normalized spacial score (nSPS) is 14.2. The number of anilines is 2. The van der Waals surface area contributed by atoms with E-state index in [9.17, 15) is 9.59 Å². The number of piperidine rings is 1. The molecule has 3 aromatic carbocycles. The van der Waals surface area contributed by atoms with Gasteiger partial charge in [0.2, 0.25) is 5.91 Å². The number of rotatable bonds is 11. The first-order valence-electron chi connectivity index (χ1n) is 13.1. The van der Waals surface area contributed by atoms with E-state index in [1.807, 2.05) is 47.4 Å². The van der Waals surface area contributed by atoms with Crippen LogP contribution in [0, 0.1) is 5.92 Å². The summed E-state index contributed by atoms with van der Waals surface area (Å²) in [5, 5.41) is 3.63. The van der Waals surface area contributed by atoms with E-state index in [2.05, 4.69) is 34.5 Å². The average Bonchev–Trinajstić information content (AvgIpc) is 2.93. The molecule has 0 unspecified atom stereocenters. The van der Waals surface area contributed by atoms with Crippen LogP contribution in [0.4, 0.5) is 16.2 Å². The monoisotopic (exact) mass is 550 g/mol. The highest BCUT2D eigenvalue weighted by Gasteiger charge is 2.21. The number of nitrogens with two attached hydrogens (primary N) is 1. The van der Waals surface area contributed by atoms with E-state index >= 15 is 0 Å². The van der Waals surface area contributed by atoms with Crippen molar-refractivity contribution in [1.29, 1.82) is 0 Å². The van der Waals surface area contributed by atoms with Crippen molar-refractivity contribution >= 4 is 46.7 Å². The Balaban J connectivity index is 1.23. The minimum Gasteiger partial charge on any atom is -0.369 e. The molecule has 0 spiro atoms. The minimum atomic E-state index is -0.292. The van der Waals surface area contributed by atoms with Crippen LogP contribution in [0.3, 0.4) is 0 Å². The number of halogens is 1. The van der Waals surface area contributed by atoms with Crippen LogP contribution in [-0.2, 0) is 11.2 Å². The summed E-state index contributed by atoms with van der Waals surface area (Å²) in [5.41, 5.74) is 8.19. The smallest absolute Gasteiger partial charge is 0.326 e. The molecule has 0 radical (unpaired) electrons. The van der Waals surface area contributed by atoms with E-state index in [0.717, 1.165) is 48.7 Å². The Kier molecular flexibility index (Phi) is 10.5. The molecule has 0 aromatic heterocycles. The molecule has 6 nitrogen and oxygen atoms in total. The van der Waals surface area contributed by atoms with Crippen molar-refractivity contribution in [3.63, 3.8) is 0 Å². The lowest BCUT2D eigenvalue weighted by molar-refractivity contribution is -0.115. The number of urea groups is 1. The number of hydrogen-bond donors (Lipinski definition) is 2. The van der Waals surface area contributed by atoms with Crippen molar-refractivity contribution in [2.75, 3.05) is 42.1 Å². The molecule has 0 saturated carbocycles. The van der Waals surface area contributed by atoms with E-state index in [1.54, 1.807) is 12.1 Å². The van der Waals surface area contributed by atoms with Gasteiger partial charge < -0.3 is 16.0 Å². The maximum absolute atomic E-state index is 13.1. The first kappa shape index (κ1) is 28.0. The summed E-state index contributed by atoms with van der Waals surface area (Å²) in [7, 11) is 0. The van der Waals surface area contributed by atoms with Crippen LogP contribution in [0.1, 0.15) is 24.8 Å². The number of carbonyl (C=O) groups excluding carboxylic acids is 2. The minimum absolute atomic E-state index is 0.142. The van der Waals surface area contributed by atoms with E-state index < -0.39 is 0 Å². The SMILES string of the molecule is NC(=O)CSc1ccc(CC2CCN(CCCN(C(=O)Nc3ccc(Cl)cc3)c3ccccc3)CC2)cc1. The van der Waals surface area contributed by atoms with Crippen LogP contribution >= 0.6 is 23.4 Å². The summed E-state index contributed by atoms with van der Waals surface area (Å²) in [6.07, 6.45) is 4.34. The largest absolute Gasteiger partial charge is 0.369 e. The second-order valence-corrected chi connectivity index (χ2v) is 11.2.